The maximum absolute atomic E-state index is 13.6. The lowest BCUT2D eigenvalue weighted by atomic mass is 9.97. The smallest absolute Gasteiger partial charge is 0.123 e. The van der Waals surface area contributed by atoms with Crippen LogP contribution in [0.25, 0.3) is 0 Å². The van der Waals surface area contributed by atoms with E-state index in [9.17, 15) is 4.39 Å². The van der Waals surface area contributed by atoms with Gasteiger partial charge >= 0.3 is 0 Å². The predicted molar refractivity (Wildman–Crippen MR) is 89.6 cm³/mol. The molecule has 3 heteroatoms. The fourth-order valence-corrected chi connectivity index (χ4v) is 3.52. The molecule has 0 saturated carbocycles. The van der Waals surface area contributed by atoms with Gasteiger partial charge in [-0.05, 0) is 61.7 Å². The fraction of sp³-hybridized carbons (Fsp3) is 0.444. The van der Waals surface area contributed by atoms with Crippen molar-refractivity contribution in [2.45, 2.75) is 46.1 Å². The molecule has 0 spiro atoms. The van der Waals surface area contributed by atoms with Crippen molar-refractivity contribution in [2.24, 2.45) is 0 Å². The van der Waals surface area contributed by atoms with Crippen molar-refractivity contribution in [3.05, 3.63) is 57.0 Å². The monoisotopic (exact) mass is 305 g/mol. The second kappa shape index (κ2) is 7.71. The lowest BCUT2D eigenvalue weighted by Gasteiger charge is -2.20. The molecule has 0 radical (unpaired) electrons. The van der Waals surface area contributed by atoms with Crippen LogP contribution in [-0.4, -0.2) is 6.54 Å². The summed E-state index contributed by atoms with van der Waals surface area (Å²) in [7, 11) is 0. The van der Waals surface area contributed by atoms with Crippen LogP contribution in [0.5, 0.6) is 0 Å². The molecule has 0 aliphatic rings. The molecule has 1 aromatic carbocycles. The standard InChI is InChI=1S/C18H24FNS/c1-4-10-20-18(12-16-9-8-15(5-2)21-16)17-11-14(19)7-6-13(17)3/h6-9,11,18,20H,4-5,10,12H2,1-3H3. The number of nitrogens with one attached hydrogen (secondary N) is 1. The molecule has 1 N–H and O–H groups in total. The molecule has 21 heavy (non-hydrogen) atoms. The third-order valence-corrected chi connectivity index (χ3v) is 4.98. The van der Waals surface area contributed by atoms with Crippen molar-refractivity contribution in [2.75, 3.05) is 6.54 Å². The molecule has 0 bridgehead atoms. The SMILES string of the molecule is CCCNC(Cc1ccc(CC)s1)c1cc(F)ccc1C. The highest BCUT2D eigenvalue weighted by Gasteiger charge is 2.15. The normalized spacial score (nSPS) is 12.6. The molecule has 114 valence electrons. The average Bonchev–Trinajstić information content (AvgIpc) is 2.94. The molecule has 0 aliphatic heterocycles. The van der Waals surface area contributed by atoms with Crippen molar-refractivity contribution in [1.82, 2.24) is 5.32 Å². The van der Waals surface area contributed by atoms with E-state index in [2.05, 4.69) is 38.2 Å². The van der Waals surface area contributed by atoms with Crippen molar-refractivity contribution in [3.63, 3.8) is 0 Å². The molecule has 2 rings (SSSR count). The van der Waals surface area contributed by atoms with Gasteiger partial charge in [-0.15, -0.1) is 11.3 Å². The molecule has 1 atom stereocenters. The minimum Gasteiger partial charge on any atom is -0.310 e. The Kier molecular flexibility index (Phi) is 5.95. The van der Waals surface area contributed by atoms with Gasteiger partial charge in [-0.2, -0.15) is 0 Å². The van der Waals surface area contributed by atoms with Crippen molar-refractivity contribution >= 4 is 11.3 Å². The molecule has 0 saturated heterocycles. The average molecular weight is 305 g/mol. The Morgan fingerprint density at radius 1 is 1.14 bits per heavy atom. The Morgan fingerprint density at radius 2 is 1.90 bits per heavy atom. The molecule has 1 nitrogen and oxygen atoms in total. The molecule has 1 unspecified atom stereocenters. The van der Waals surface area contributed by atoms with Gasteiger partial charge in [0.25, 0.3) is 0 Å². The van der Waals surface area contributed by atoms with Crippen LogP contribution in [0.4, 0.5) is 4.39 Å². The van der Waals surface area contributed by atoms with Crippen LogP contribution in [-0.2, 0) is 12.8 Å². The van der Waals surface area contributed by atoms with Crippen LogP contribution in [0.3, 0.4) is 0 Å². The summed E-state index contributed by atoms with van der Waals surface area (Å²) in [6.45, 7) is 7.34. The Hall–Kier alpha value is -1.19. The highest BCUT2D eigenvalue weighted by Crippen LogP contribution is 2.26. The largest absolute Gasteiger partial charge is 0.310 e. The maximum atomic E-state index is 13.6. The van der Waals surface area contributed by atoms with E-state index in [-0.39, 0.29) is 11.9 Å². The van der Waals surface area contributed by atoms with Crippen LogP contribution in [0.2, 0.25) is 0 Å². The minimum atomic E-state index is -0.153. The molecular formula is C18H24FNS. The predicted octanol–water partition coefficient (Wildman–Crippen LogP) is 5.04. The number of hydrogen-bond donors (Lipinski definition) is 1. The van der Waals surface area contributed by atoms with Gasteiger partial charge in [0.2, 0.25) is 0 Å². The first-order valence-corrected chi connectivity index (χ1v) is 8.52. The highest BCUT2D eigenvalue weighted by molar-refractivity contribution is 7.11. The molecule has 2 aromatic rings. The van der Waals surface area contributed by atoms with Crippen molar-refractivity contribution < 1.29 is 4.39 Å². The number of aryl methyl sites for hydroxylation is 2. The van der Waals surface area contributed by atoms with Crippen LogP contribution in [0, 0.1) is 12.7 Å². The van der Waals surface area contributed by atoms with E-state index in [0.717, 1.165) is 36.9 Å². The third kappa shape index (κ3) is 4.39. The molecule has 0 amide bonds. The summed E-state index contributed by atoms with van der Waals surface area (Å²) in [6.07, 6.45) is 3.08. The first kappa shape index (κ1) is 16.2. The topological polar surface area (TPSA) is 12.0 Å². The number of halogens is 1. The molecule has 1 aromatic heterocycles. The summed E-state index contributed by atoms with van der Waals surface area (Å²) in [6, 6.07) is 9.68. The second-order valence-electron chi connectivity index (χ2n) is 5.43. The van der Waals surface area contributed by atoms with Crippen molar-refractivity contribution in [3.8, 4) is 0 Å². The zero-order chi connectivity index (χ0) is 15.2. The zero-order valence-corrected chi connectivity index (χ0v) is 13.9. The number of rotatable bonds is 7. The van der Waals surface area contributed by atoms with Gasteiger partial charge in [0.1, 0.15) is 5.82 Å². The maximum Gasteiger partial charge on any atom is 0.123 e. The van der Waals surface area contributed by atoms with Crippen LogP contribution in [0.15, 0.2) is 30.3 Å². The molecule has 0 aliphatic carbocycles. The van der Waals surface area contributed by atoms with E-state index in [4.69, 9.17) is 0 Å². The van der Waals surface area contributed by atoms with E-state index in [1.54, 1.807) is 6.07 Å². The van der Waals surface area contributed by atoms with E-state index < -0.39 is 0 Å². The minimum absolute atomic E-state index is 0.153. The lowest BCUT2D eigenvalue weighted by Crippen LogP contribution is -2.24. The highest BCUT2D eigenvalue weighted by atomic mass is 32.1. The summed E-state index contributed by atoms with van der Waals surface area (Å²) in [5.41, 5.74) is 2.23. The van der Waals surface area contributed by atoms with Gasteiger partial charge in [-0.1, -0.05) is 19.9 Å². The summed E-state index contributed by atoms with van der Waals surface area (Å²) >= 11 is 1.87. The number of benzene rings is 1. The quantitative estimate of drug-likeness (QED) is 0.755. The van der Waals surface area contributed by atoms with Crippen LogP contribution < -0.4 is 5.32 Å². The first-order valence-electron chi connectivity index (χ1n) is 7.71. The van der Waals surface area contributed by atoms with Crippen molar-refractivity contribution in [1.29, 1.82) is 0 Å². The Labute approximate surface area is 131 Å². The molecule has 0 fully saturated rings. The Morgan fingerprint density at radius 3 is 2.57 bits per heavy atom. The van der Waals surface area contributed by atoms with Crippen LogP contribution >= 0.6 is 11.3 Å². The van der Waals surface area contributed by atoms with Crippen LogP contribution in [0.1, 0.15) is 47.2 Å². The Balaban J connectivity index is 2.22. The molecular weight excluding hydrogens is 281 g/mol. The first-order chi connectivity index (χ1) is 10.1. The molecule has 1 heterocycles. The van der Waals surface area contributed by atoms with Gasteiger partial charge < -0.3 is 5.32 Å². The summed E-state index contributed by atoms with van der Waals surface area (Å²) < 4.78 is 13.6. The number of thiophene rings is 1. The Bertz CT molecular complexity index is 576. The van der Waals surface area contributed by atoms with E-state index >= 15 is 0 Å². The third-order valence-electron chi connectivity index (χ3n) is 3.73. The second-order valence-corrected chi connectivity index (χ2v) is 6.69. The number of hydrogen-bond acceptors (Lipinski definition) is 2. The summed E-state index contributed by atoms with van der Waals surface area (Å²) in [5, 5.41) is 3.57. The lowest BCUT2D eigenvalue weighted by molar-refractivity contribution is 0.524. The fourth-order valence-electron chi connectivity index (χ4n) is 2.52. The zero-order valence-electron chi connectivity index (χ0n) is 13.1. The van der Waals surface area contributed by atoms with Gasteiger partial charge in [0.05, 0.1) is 0 Å². The van der Waals surface area contributed by atoms with E-state index in [1.807, 2.05) is 17.4 Å². The van der Waals surface area contributed by atoms with E-state index in [1.165, 1.54) is 15.8 Å². The summed E-state index contributed by atoms with van der Waals surface area (Å²) in [4.78, 5) is 2.78. The van der Waals surface area contributed by atoms with Gasteiger partial charge in [0.15, 0.2) is 0 Å². The van der Waals surface area contributed by atoms with Gasteiger partial charge in [-0.3, -0.25) is 0 Å². The summed E-state index contributed by atoms with van der Waals surface area (Å²) in [5.74, 6) is -0.153. The van der Waals surface area contributed by atoms with Gasteiger partial charge in [0, 0.05) is 22.2 Å². The van der Waals surface area contributed by atoms with Gasteiger partial charge in [-0.25, -0.2) is 4.39 Å². The van der Waals surface area contributed by atoms with E-state index in [0.29, 0.717) is 0 Å².